The van der Waals surface area contributed by atoms with Gasteiger partial charge in [-0.05, 0) is 38.5 Å². The Hall–Kier alpha value is -2.49. The van der Waals surface area contributed by atoms with Gasteiger partial charge in [-0.15, -0.1) is 0 Å². The van der Waals surface area contributed by atoms with Crippen LogP contribution < -0.4 is 14.8 Å². The summed E-state index contributed by atoms with van der Waals surface area (Å²) in [6.07, 6.45) is -0.588. The zero-order chi connectivity index (χ0) is 16.8. The van der Waals surface area contributed by atoms with Crippen LogP contribution in [0.4, 0.5) is 0 Å². The minimum atomic E-state index is -0.588. The minimum Gasteiger partial charge on any atom is -0.497 e. The lowest BCUT2D eigenvalue weighted by Gasteiger charge is -2.19. The third kappa shape index (κ3) is 4.74. The fourth-order valence-corrected chi connectivity index (χ4v) is 2.20. The standard InChI is InChI=1S/C19H23NO3/c1-13-8-10-16(11-9-13)14(2)20-19(21)15(3)23-18-7-5-6-17(12-18)22-4/h5-12,14-15H,1-4H3,(H,20,21)/t14-,15-/m0/s1. The summed E-state index contributed by atoms with van der Waals surface area (Å²) < 4.78 is 10.8. The second-order valence-corrected chi connectivity index (χ2v) is 5.58. The van der Waals surface area contributed by atoms with Crippen molar-refractivity contribution >= 4 is 5.91 Å². The van der Waals surface area contributed by atoms with Crippen molar-refractivity contribution < 1.29 is 14.3 Å². The van der Waals surface area contributed by atoms with Crippen LogP contribution in [-0.2, 0) is 4.79 Å². The molecule has 0 aromatic heterocycles. The predicted molar refractivity (Wildman–Crippen MR) is 90.8 cm³/mol. The van der Waals surface area contributed by atoms with E-state index in [0.29, 0.717) is 11.5 Å². The summed E-state index contributed by atoms with van der Waals surface area (Å²) in [6.45, 7) is 5.73. The lowest BCUT2D eigenvalue weighted by Crippen LogP contribution is -2.37. The van der Waals surface area contributed by atoms with E-state index in [1.807, 2.05) is 50.2 Å². The van der Waals surface area contributed by atoms with E-state index >= 15 is 0 Å². The van der Waals surface area contributed by atoms with Crippen molar-refractivity contribution in [3.63, 3.8) is 0 Å². The second kappa shape index (κ2) is 7.68. The molecule has 23 heavy (non-hydrogen) atoms. The number of benzene rings is 2. The molecule has 0 aliphatic carbocycles. The van der Waals surface area contributed by atoms with Crippen LogP contribution in [-0.4, -0.2) is 19.1 Å². The maximum absolute atomic E-state index is 12.3. The Bertz CT molecular complexity index is 652. The molecule has 0 unspecified atom stereocenters. The van der Waals surface area contributed by atoms with Crippen LogP contribution in [0, 0.1) is 6.92 Å². The van der Waals surface area contributed by atoms with E-state index in [2.05, 4.69) is 5.32 Å². The first-order valence-electron chi connectivity index (χ1n) is 7.67. The molecule has 2 aromatic rings. The highest BCUT2D eigenvalue weighted by Crippen LogP contribution is 2.20. The summed E-state index contributed by atoms with van der Waals surface area (Å²) in [5.74, 6) is 1.15. The van der Waals surface area contributed by atoms with Crippen LogP contribution in [0.25, 0.3) is 0 Å². The maximum Gasteiger partial charge on any atom is 0.261 e. The normalized spacial score (nSPS) is 13.0. The van der Waals surface area contributed by atoms with Crippen molar-refractivity contribution in [1.29, 1.82) is 0 Å². The van der Waals surface area contributed by atoms with Gasteiger partial charge in [-0.3, -0.25) is 4.79 Å². The van der Waals surface area contributed by atoms with Crippen LogP contribution >= 0.6 is 0 Å². The Labute approximate surface area is 137 Å². The second-order valence-electron chi connectivity index (χ2n) is 5.58. The molecular formula is C19H23NO3. The molecule has 0 aliphatic rings. The SMILES string of the molecule is COc1cccc(O[C@@H](C)C(=O)N[C@@H](C)c2ccc(C)cc2)c1. The number of ether oxygens (including phenoxy) is 2. The van der Waals surface area contributed by atoms with Crippen molar-refractivity contribution in [2.24, 2.45) is 0 Å². The number of carbonyl (C=O) groups excluding carboxylic acids is 1. The highest BCUT2D eigenvalue weighted by molar-refractivity contribution is 5.81. The van der Waals surface area contributed by atoms with E-state index in [4.69, 9.17) is 9.47 Å². The predicted octanol–water partition coefficient (Wildman–Crippen LogP) is 3.65. The number of rotatable bonds is 6. The monoisotopic (exact) mass is 313 g/mol. The fraction of sp³-hybridized carbons (Fsp3) is 0.316. The lowest BCUT2D eigenvalue weighted by atomic mass is 10.1. The molecule has 1 N–H and O–H groups in total. The first-order chi connectivity index (χ1) is 11.0. The molecule has 0 aliphatic heterocycles. The average molecular weight is 313 g/mol. The Kier molecular flexibility index (Phi) is 5.63. The molecule has 1 amide bonds. The van der Waals surface area contributed by atoms with Gasteiger partial charge in [-0.25, -0.2) is 0 Å². The van der Waals surface area contributed by atoms with Crippen molar-refractivity contribution in [2.45, 2.75) is 32.9 Å². The highest BCUT2D eigenvalue weighted by Gasteiger charge is 2.17. The zero-order valence-electron chi connectivity index (χ0n) is 14.0. The van der Waals surface area contributed by atoms with Gasteiger partial charge in [0, 0.05) is 6.07 Å². The summed E-state index contributed by atoms with van der Waals surface area (Å²) in [6, 6.07) is 15.3. The number of hydrogen-bond acceptors (Lipinski definition) is 3. The lowest BCUT2D eigenvalue weighted by molar-refractivity contribution is -0.127. The average Bonchev–Trinajstić information content (AvgIpc) is 2.55. The Morgan fingerprint density at radius 3 is 2.35 bits per heavy atom. The Morgan fingerprint density at radius 2 is 1.70 bits per heavy atom. The summed E-state index contributed by atoms with van der Waals surface area (Å²) in [5, 5.41) is 2.97. The van der Waals surface area contributed by atoms with Crippen LogP contribution in [0.15, 0.2) is 48.5 Å². The molecule has 0 saturated heterocycles. The van der Waals surface area contributed by atoms with E-state index in [9.17, 15) is 4.79 Å². The van der Waals surface area contributed by atoms with Gasteiger partial charge in [-0.2, -0.15) is 0 Å². The molecule has 0 spiro atoms. The Morgan fingerprint density at radius 1 is 1.04 bits per heavy atom. The number of hydrogen-bond donors (Lipinski definition) is 1. The van der Waals surface area contributed by atoms with Gasteiger partial charge < -0.3 is 14.8 Å². The van der Waals surface area contributed by atoms with Gasteiger partial charge in [0.05, 0.1) is 13.2 Å². The van der Waals surface area contributed by atoms with Gasteiger partial charge in [0.2, 0.25) is 0 Å². The van der Waals surface area contributed by atoms with Gasteiger partial charge in [0.1, 0.15) is 11.5 Å². The topological polar surface area (TPSA) is 47.6 Å². The molecule has 2 atom stereocenters. The number of amides is 1. The molecule has 0 fully saturated rings. The van der Waals surface area contributed by atoms with E-state index in [0.717, 1.165) is 5.56 Å². The smallest absolute Gasteiger partial charge is 0.261 e. The van der Waals surface area contributed by atoms with Gasteiger partial charge in [0.25, 0.3) is 5.91 Å². The molecule has 0 bridgehead atoms. The van der Waals surface area contributed by atoms with Gasteiger partial charge in [0.15, 0.2) is 6.10 Å². The summed E-state index contributed by atoms with van der Waals surface area (Å²) in [4.78, 5) is 12.3. The highest BCUT2D eigenvalue weighted by atomic mass is 16.5. The number of aryl methyl sites for hydroxylation is 1. The van der Waals surface area contributed by atoms with Gasteiger partial charge >= 0.3 is 0 Å². The third-order valence-electron chi connectivity index (χ3n) is 3.66. The molecule has 4 heteroatoms. The minimum absolute atomic E-state index is 0.0699. The van der Waals surface area contributed by atoms with Crippen molar-refractivity contribution in [1.82, 2.24) is 5.32 Å². The molecule has 2 rings (SSSR count). The first-order valence-corrected chi connectivity index (χ1v) is 7.67. The first kappa shape index (κ1) is 16.9. The van der Waals surface area contributed by atoms with Gasteiger partial charge in [-0.1, -0.05) is 35.9 Å². The van der Waals surface area contributed by atoms with E-state index in [1.165, 1.54) is 5.56 Å². The zero-order valence-corrected chi connectivity index (χ0v) is 14.0. The molecule has 4 nitrogen and oxygen atoms in total. The van der Waals surface area contributed by atoms with E-state index in [-0.39, 0.29) is 11.9 Å². The summed E-state index contributed by atoms with van der Waals surface area (Å²) in [7, 11) is 1.60. The quantitative estimate of drug-likeness (QED) is 0.885. The van der Waals surface area contributed by atoms with Crippen LogP contribution in [0.2, 0.25) is 0 Å². The van der Waals surface area contributed by atoms with E-state index in [1.54, 1.807) is 26.2 Å². The summed E-state index contributed by atoms with van der Waals surface area (Å²) >= 11 is 0. The molecule has 0 heterocycles. The molecule has 0 saturated carbocycles. The van der Waals surface area contributed by atoms with Crippen LogP contribution in [0.5, 0.6) is 11.5 Å². The van der Waals surface area contributed by atoms with Crippen LogP contribution in [0.1, 0.15) is 31.0 Å². The molecule has 2 aromatic carbocycles. The largest absolute Gasteiger partial charge is 0.497 e. The summed E-state index contributed by atoms with van der Waals surface area (Å²) in [5.41, 5.74) is 2.26. The number of methoxy groups -OCH3 is 1. The molecule has 0 radical (unpaired) electrons. The van der Waals surface area contributed by atoms with Crippen molar-refractivity contribution in [3.8, 4) is 11.5 Å². The third-order valence-corrected chi connectivity index (χ3v) is 3.66. The maximum atomic E-state index is 12.3. The van der Waals surface area contributed by atoms with E-state index < -0.39 is 6.10 Å². The van der Waals surface area contributed by atoms with Crippen LogP contribution in [0.3, 0.4) is 0 Å². The number of carbonyl (C=O) groups is 1. The van der Waals surface area contributed by atoms with Crippen molar-refractivity contribution in [2.75, 3.05) is 7.11 Å². The molecular weight excluding hydrogens is 290 g/mol. The molecule has 122 valence electrons. The van der Waals surface area contributed by atoms with Crippen molar-refractivity contribution in [3.05, 3.63) is 59.7 Å². The number of nitrogens with one attached hydrogen (secondary N) is 1. The Balaban J connectivity index is 1.95. The fourth-order valence-electron chi connectivity index (χ4n) is 2.20.